The normalized spacial score (nSPS) is 18.6. The number of amides is 4. The minimum Gasteiger partial charge on any atom is -0.481 e. The molecule has 0 radical (unpaired) electrons. The molecule has 4 amide bonds. The number of nitrogens with one attached hydrogen (secondary N) is 3. The summed E-state index contributed by atoms with van der Waals surface area (Å²) >= 11 is 0. The van der Waals surface area contributed by atoms with Crippen LogP contribution in [0.25, 0.3) is 0 Å². The first-order valence-corrected chi connectivity index (χ1v) is 11.5. The van der Waals surface area contributed by atoms with E-state index in [0.29, 0.717) is 25.8 Å². The molecule has 0 aliphatic carbocycles. The third-order valence-electron chi connectivity index (χ3n) is 5.55. The fraction of sp³-hybridized carbons (Fsp3) is 0.714. The smallest absolute Gasteiger partial charge is 0.325 e. The minimum atomic E-state index is -1.54. The second-order valence-electron chi connectivity index (χ2n) is 8.55. The maximum atomic E-state index is 13.3. The molecule has 1 aliphatic heterocycles. The summed E-state index contributed by atoms with van der Waals surface area (Å²) in [4.78, 5) is 74.2. The summed E-state index contributed by atoms with van der Waals surface area (Å²) in [7, 11) is 0. The molecule has 9 N–H and O–H groups in total. The molecule has 0 saturated carbocycles. The number of nitrogens with zero attached hydrogens (tertiary/aromatic N) is 1. The van der Waals surface area contributed by atoms with Crippen LogP contribution in [0.4, 0.5) is 0 Å². The first-order valence-electron chi connectivity index (χ1n) is 11.5. The molecule has 0 unspecified atom stereocenters. The van der Waals surface area contributed by atoms with Crippen molar-refractivity contribution in [2.75, 3.05) is 13.1 Å². The zero-order valence-electron chi connectivity index (χ0n) is 20.0. The van der Waals surface area contributed by atoms with Gasteiger partial charge in [0, 0.05) is 6.54 Å². The Morgan fingerprint density at radius 3 is 2.17 bits per heavy atom. The van der Waals surface area contributed by atoms with E-state index in [1.165, 1.54) is 18.7 Å². The van der Waals surface area contributed by atoms with Gasteiger partial charge in [-0.2, -0.15) is 0 Å². The average molecular weight is 501 g/mol. The van der Waals surface area contributed by atoms with Crippen LogP contribution < -0.4 is 27.4 Å². The summed E-state index contributed by atoms with van der Waals surface area (Å²) in [5, 5.41) is 25.1. The largest absolute Gasteiger partial charge is 0.481 e. The summed E-state index contributed by atoms with van der Waals surface area (Å²) in [6, 6.07) is -5.61. The highest BCUT2D eigenvalue weighted by molar-refractivity contribution is 5.96. The van der Waals surface area contributed by atoms with Gasteiger partial charge in [-0.05, 0) is 52.5 Å². The highest BCUT2D eigenvalue weighted by Gasteiger charge is 2.39. The van der Waals surface area contributed by atoms with Gasteiger partial charge in [-0.15, -0.1) is 0 Å². The second kappa shape index (κ2) is 14.2. The van der Waals surface area contributed by atoms with E-state index in [1.807, 2.05) is 0 Å². The zero-order valence-corrected chi connectivity index (χ0v) is 20.0. The van der Waals surface area contributed by atoms with Crippen molar-refractivity contribution in [3.63, 3.8) is 0 Å². The number of hydrogen-bond donors (Lipinski definition) is 7. The third kappa shape index (κ3) is 9.48. The van der Waals surface area contributed by atoms with Crippen LogP contribution in [0.2, 0.25) is 0 Å². The molecule has 0 spiro atoms. The summed E-state index contributed by atoms with van der Waals surface area (Å²) in [6.07, 6.45) is 1.43. The molecule has 1 saturated heterocycles. The van der Waals surface area contributed by atoms with Gasteiger partial charge in [0.05, 0.1) is 12.5 Å². The number of carboxylic acids is 2. The number of rotatable bonds is 14. The van der Waals surface area contributed by atoms with E-state index in [-0.39, 0.29) is 19.4 Å². The van der Waals surface area contributed by atoms with Crippen molar-refractivity contribution in [3.05, 3.63) is 0 Å². The maximum Gasteiger partial charge on any atom is 0.325 e. The fourth-order valence-electron chi connectivity index (χ4n) is 3.58. The van der Waals surface area contributed by atoms with Crippen molar-refractivity contribution in [3.8, 4) is 0 Å². The van der Waals surface area contributed by atoms with Crippen molar-refractivity contribution < 1.29 is 39.0 Å². The molecule has 1 heterocycles. The first-order chi connectivity index (χ1) is 16.4. The van der Waals surface area contributed by atoms with Crippen LogP contribution in [0.1, 0.15) is 52.4 Å². The molecule has 0 bridgehead atoms. The SMILES string of the molecule is C[C@H](N)C(=O)N[C@@H](CCCCN)C(=O)N1CCC[C@H]1C(=O)N[C@@H](CC(=O)O)C(=O)N[C@@H](C)C(=O)O. The predicted octanol–water partition coefficient (Wildman–Crippen LogP) is -2.51. The van der Waals surface area contributed by atoms with Crippen LogP contribution in [0.15, 0.2) is 0 Å². The lowest BCUT2D eigenvalue weighted by atomic mass is 10.1. The monoisotopic (exact) mass is 500 g/mol. The quantitative estimate of drug-likeness (QED) is 0.124. The lowest BCUT2D eigenvalue weighted by Gasteiger charge is -2.30. The van der Waals surface area contributed by atoms with E-state index in [4.69, 9.17) is 21.7 Å². The third-order valence-corrected chi connectivity index (χ3v) is 5.55. The molecule has 5 atom stereocenters. The van der Waals surface area contributed by atoms with Gasteiger partial charge < -0.3 is 42.5 Å². The molecule has 1 rings (SSSR count). The highest BCUT2D eigenvalue weighted by Crippen LogP contribution is 2.20. The van der Waals surface area contributed by atoms with Gasteiger partial charge in [0.1, 0.15) is 24.2 Å². The van der Waals surface area contributed by atoms with E-state index >= 15 is 0 Å². The Morgan fingerprint density at radius 1 is 0.971 bits per heavy atom. The lowest BCUT2D eigenvalue weighted by molar-refractivity contribution is -0.145. The number of nitrogens with two attached hydrogens (primary N) is 2. The van der Waals surface area contributed by atoms with E-state index in [0.717, 1.165) is 0 Å². The van der Waals surface area contributed by atoms with E-state index in [2.05, 4.69) is 16.0 Å². The Balaban J connectivity index is 3.00. The van der Waals surface area contributed by atoms with Crippen molar-refractivity contribution in [1.82, 2.24) is 20.9 Å². The molecule has 35 heavy (non-hydrogen) atoms. The molecule has 0 aromatic heterocycles. The summed E-state index contributed by atoms with van der Waals surface area (Å²) in [5.74, 6) is -5.46. The average Bonchev–Trinajstić information content (AvgIpc) is 3.27. The van der Waals surface area contributed by atoms with Crippen molar-refractivity contribution in [2.24, 2.45) is 11.5 Å². The molecule has 14 heteroatoms. The predicted molar refractivity (Wildman–Crippen MR) is 123 cm³/mol. The van der Waals surface area contributed by atoms with E-state index in [9.17, 15) is 28.8 Å². The first kappa shape index (κ1) is 29.8. The Hall–Kier alpha value is -3.26. The van der Waals surface area contributed by atoms with Gasteiger partial charge in [-0.3, -0.25) is 28.8 Å². The summed E-state index contributed by atoms with van der Waals surface area (Å²) in [5.41, 5.74) is 11.1. The van der Waals surface area contributed by atoms with Crippen LogP contribution in [-0.4, -0.2) is 94.0 Å². The number of aliphatic carboxylic acids is 2. The van der Waals surface area contributed by atoms with Crippen LogP contribution in [0.3, 0.4) is 0 Å². The Kier molecular flexibility index (Phi) is 12.1. The zero-order chi connectivity index (χ0) is 26.7. The van der Waals surface area contributed by atoms with Crippen molar-refractivity contribution in [1.29, 1.82) is 0 Å². The van der Waals surface area contributed by atoms with Gasteiger partial charge >= 0.3 is 11.9 Å². The molecular weight excluding hydrogens is 464 g/mol. The Morgan fingerprint density at radius 2 is 1.63 bits per heavy atom. The van der Waals surface area contributed by atoms with Gasteiger partial charge in [-0.1, -0.05) is 0 Å². The number of likely N-dealkylation sites (tertiary alicyclic amines) is 1. The maximum absolute atomic E-state index is 13.3. The van der Waals surface area contributed by atoms with Gasteiger partial charge in [-0.25, -0.2) is 0 Å². The van der Waals surface area contributed by atoms with Crippen LogP contribution >= 0.6 is 0 Å². The summed E-state index contributed by atoms with van der Waals surface area (Å²) < 4.78 is 0. The van der Waals surface area contributed by atoms with E-state index < -0.39 is 72.2 Å². The molecule has 0 aromatic rings. The lowest BCUT2D eigenvalue weighted by Crippen LogP contribution is -2.58. The number of hydrogen-bond acceptors (Lipinski definition) is 8. The minimum absolute atomic E-state index is 0.226. The van der Waals surface area contributed by atoms with Crippen molar-refractivity contribution >= 4 is 35.6 Å². The topological polar surface area (TPSA) is 234 Å². The Labute approximate surface area is 203 Å². The Bertz CT molecular complexity index is 805. The van der Waals surface area contributed by atoms with Crippen LogP contribution in [-0.2, 0) is 28.8 Å². The molecular formula is C21H36N6O8. The molecule has 1 fully saturated rings. The van der Waals surface area contributed by atoms with Gasteiger partial charge in [0.2, 0.25) is 23.6 Å². The number of carbonyl (C=O) groups is 6. The van der Waals surface area contributed by atoms with Crippen LogP contribution in [0, 0.1) is 0 Å². The molecule has 14 nitrogen and oxygen atoms in total. The number of carbonyl (C=O) groups excluding carboxylic acids is 4. The number of unbranched alkanes of at least 4 members (excludes halogenated alkanes) is 1. The molecule has 1 aliphatic rings. The number of carboxylic acid groups (broad SMARTS) is 2. The second-order valence-corrected chi connectivity index (χ2v) is 8.55. The standard InChI is InChI=1S/C21H36N6O8/c1-11(23)17(30)25-13(6-3-4-8-22)20(33)27-9-5-7-15(27)19(32)26-14(10-16(28)29)18(31)24-12(2)21(34)35/h11-15H,3-10,22-23H2,1-2H3,(H,24,31)(H,25,30)(H,26,32)(H,28,29)(H,34,35)/t11-,12-,13-,14-,15-/m0/s1. The fourth-order valence-corrected chi connectivity index (χ4v) is 3.58. The molecule has 198 valence electrons. The van der Waals surface area contributed by atoms with Crippen LogP contribution in [0.5, 0.6) is 0 Å². The molecule has 0 aromatic carbocycles. The summed E-state index contributed by atoms with van der Waals surface area (Å²) in [6.45, 7) is 3.30. The highest BCUT2D eigenvalue weighted by atomic mass is 16.4. The van der Waals surface area contributed by atoms with Crippen molar-refractivity contribution in [2.45, 2.75) is 82.6 Å². The van der Waals surface area contributed by atoms with Gasteiger partial charge in [0.15, 0.2) is 0 Å². The van der Waals surface area contributed by atoms with Gasteiger partial charge in [0.25, 0.3) is 0 Å². The van der Waals surface area contributed by atoms with E-state index in [1.54, 1.807) is 0 Å².